The summed E-state index contributed by atoms with van der Waals surface area (Å²) in [6.45, 7) is 1.98. The Kier molecular flexibility index (Phi) is 2.64. The molecule has 0 saturated heterocycles. The maximum absolute atomic E-state index is 5.68. The number of hydrogen-bond donors (Lipinski definition) is 0. The van der Waals surface area contributed by atoms with Crippen molar-refractivity contribution in [2.24, 2.45) is 0 Å². The molecule has 0 heterocycles. The summed E-state index contributed by atoms with van der Waals surface area (Å²) in [7, 11) is 0. The van der Waals surface area contributed by atoms with Gasteiger partial charge in [0.1, 0.15) is 0 Å². The highest BCUT2D eigenvalue weighted by molar-refractivity contribution is 7.80. The minimum absolute atomic E-state index is 0.178. The Morgan fingerprint density at radius 3 is 2.20 bits per heavy atom. The fourth-order valence-corrected chi connectivity index (χ4v) is 1.02. The molecule has 0 aliphatic rings. The highest BCUT2D eigenvalue weighted by Gasteiger charge is 1.97. The van der Waals surface area contributed by atoms with E-state index in [1.165, 1.54) is 0 Å². The standard InChI is InChI=1S/C8H8ClS/c1-6(10)7-2-4-8(9)5-3-7/h2-6H,1H3. The minimum atomic E-state index is 0.178. The summed E-state index contributed by atoms with van der Waals surface area (Å²) in [5.41, 5.74) is 1.15. The number of benzene rings is 1. The fourth-order valence-electron chi connectivity index (χ4n) is 0.734. The molecule has 1 atom stereocenters. The van der Waals surface area contributed by atoms with Crippen LogP contribution in [0.4, 0.5) is 0 Å². The Morgan fingerprint density at radius 2 is 1.80 bits per heavy atom. The van der Waals surface area contributed by atoms with Crippen LogP contribution < -0.4 is 0 Å². The van der Waals surface area contributed by atoms with Gasteiger partial charge in [0.25, 0.3) is 0 Å². The van der Waals surface area contributed by atoms with E-state index < -0.39 is 0 Å². The lowest BCUT2D eigenvalue weighted by molar-refractivity contribution is 1.11. The van der Waals surface area contributed by atoms with Crippen LogP contribution in [0, 0.1) is 0 Å². The van der Waals surface area contributed by atoms with Crippen LogP contribution in [0.15, 0.2) is 24.3 Å². The van der Waals surface area contributed by atoms with E-state index in [-0.39, 0.29) is 5.25 Å². The predicted octanol–water partition coefficient (Wildman–Crippen LogP) is 3.60. The Labute approximate surface area is 71.6 Å². The first kappa shape index (κ1) is 7.96. The average molecular weight is 172 g/mol. The molecule has 1 aromatic carbocycles. The molecule has 0 aliphatic carbocycles. The maximum atomic E-state index is 5.68. The van der Waals surface area contributed by atoms with Gasteiger partial charge in [-0.3, -0.25) is 0 Å². The van der Waals surface area contributed by atoms with Crippen molar-refractivity contribution in [3.8, 4) is 0 Å². The van der Waals surface area contributed by atoms with Gasteiger partial charge in [-0.1, -0.05) is 36.4 Å². The van der Waals surface area contributed by atoms with Crippen molar-refractivity contribution >= 4 is 24.2 Å². The second-order valence-corrected chi connectivity index (χ2v) is 3.34. The lowest BCUT2D eigenvalue weighted by Gasteiger charge is -2.01. The van der Waals surface area contributed by atoms with Crippen LogP contribution in [0.2, 0.25) is 5.02 Å². The second-order valence-electron chi connectivity index (χ2n) is 2.19. The van der Waals surface area contributed by atoms with E-state index in [2.05, 4.69) is 0 Å². The van der Waals surface area contributed by atoms with Crippen molar-refractivity contribution in [3.63, 3.8) is 0 Å². The third-order valence-corrected chi connectivity index (χ3v) is 1.86. The molecule has 10 heavy (non-hydrogen) atoms. The monoisotopic (exact) mass is 171 g/mol. The predicted molar refractivity (Wildman–Crippen MR) is 47.5 cm³/mol. The van der Waals surface area contributed by atoms with E-state index in [1.807, 2.05) is 31.2 Å². The molecule has 1 radical (unpaired) electrons. The molecule has 0 bridgehead atoms. The Morgan fingerprint density at radius 1 is 1.30 bits per heavy atom. The van der Waals surface area contributed by atoms with Crippen molar-refractivity contribution < 1.29 is 0 Å². The van der Waals surface area contributed by atoms with Crippen LogP contribution >= 0.6 is 24.2 Å². The SMILES string of the molecule is CC([S])c1ccc(Cl)cc1. The third kappa shape index (κ3) is 1.93. The van der Waals surface area contributed by atoms with Gasteiger partial charge in [0.15, 0.2) is 0 Å². The van der Waals surface area contributed by atoms with Gasteiger partial charge >= 0.3 is 0 Å². The van der Waals surface area contributed by atoms with Gasteiger partial charge in [0.05, 0.1) is 0 Å². The molecule has 0 N–H and O–H groups in total. The zero-order chi connectivity index (χ0) is 7.56. The molecule has 53 valence electrons. The number of hydrogen-bond acceptors (Lipinski definition) is 0. The molecular formula is C8H8ClS. The first-order valence-electron chi connectivity index (χ1n) is 3.11. The van der Waals surface area contributed by atoms with Crippen molar-refractivity contribution in [2.45, 2.75) is 12.2 Å². The molecular weight excluding hydrogens is 164 g/mol. The zero-order valence-electron chi connectivity index (χ0n) is 5.67. The maximum Gasteiger partial charge on any atom is 0.0406 e. The van der Waals surface area contributed by atoms with Crippen LogP contribution in [-0.2, 0) is 0 Å². The smallest absolute Gasteiger partial charge is 0.0406 e. The number of rotatable bonds is 1. The zero-order valence-corrected chi connectivity index (χ0v) is 7.25. The molecule has 0 spiro atoms. The summed E-state index contributed by atoms with van der Waals surface area (Å²) in [4.78, 5) is 0. The highest BCUT2D eigenvalue weighted by Crippen LogP contribution is 2.20. The van der Waals surface area contributed by atoms with Gasteiger partial charge in [-0.05, 0) is 24.6 Å². The molecule has 0 saturated carbocycles. The molecule has 1 aromatic rings. The molecule has 0 aliphatic heterocycles. The van der Waals surface area contributed by atoms with E-state index >= 15 is 0 Å². The van der Waals surface area contributed by atoms with Crippen molar-refractivity contribution in [2.75, 3.05) is 0 Å². The van der Waals surface area contributed by atoms with Crippen LogP contribution in [0.25, 0.3) is 0 Å². The van der Waals surface area contributed by atoms with Crippen LogP contribution in [-0.4, -0.2) is 0 Å². The summed E-state index contributed by atoms with van der Waals surface area (Å²) >= 11 is 10.7. The third-order valence-electron chi connectivity index (χ3n) is 1.34. The normalized spacial score (nSPS) is 13.1. The summed E-state index contributed by atoms with van der Waals surface area (Å²) < 4.78 is 0. The van der Waals surface area contributed by atoms with E-state index in [1.54, 1.807) is 0 Å². The summed E-state index contributed by atoms with van der Waals surface area (Å²) in [6.07, 6.45) is 0. The van der Waals surface area contributed by atoms with Gasteiger partial charge in [-0.25, -0.2) is 0 Å². The van der Waals surface area contributed by atoms with Crippen LogP contribution in [0.3, 0.4) is 0 Å². The average Bonchev–Trinajstić information content (AvgIpc) is 1.88. The van der Waals surface area contributed by atoms with Gasteiger partial charge in [-0.2, -0.15) is 0 Å². The minimum Gasteiger partial charge on any atom is -0.0856 e. The van der Waals surface area contributed by atoms with Gasteiger partial charge in [0, 0.05) is 10.3 Å². The van der Waals surface area contributed by atoms with Crippen molar-refractivity contribution in [1.82, 2.24) is 0 Å². The van der Waals surface area contributed by atoms with Crippen molar-refractivity contribution in [3.05, 3.63) is 34.9 Å². The van der Waals surface area contributed by atoms with Crippen LogP contribution in [0.5, 0.6) is 0 Å². The topological polar surface area (TPSA) is 0 Å². The van der Waals surface area contributed by atoms with E-state index in [4.69, 9.17) is 24.2 Å². The molecule has 2 heteroatoms. The molecule has 0 amide bonds. The van der Waals surface area contributed by atoms with E-state index in [0.29, 0.717) is 0 Å². The highest BCUT2D eigenvalue weighted by atomic mass is 35.5. The first-order valence-corrected chi connectivity index (χ1v) is 3.96. The second kappa shape index (κ2) is 3.31. The summed E-state index contributed by atoms with van der Waals surface area (Å²) in [5.74, 6) is 0. The Hall–Kier alpha value is -0.140. The van der Waals surface area contributed by atoms with Crippen LogP contribution in [0.1, 0.15) is 17.7 Å². The van der Waals surface area contributed by atoms with Gasteiger partial charge < -0.3 is 0 Å². The van der Waals surface area contributed by atoms with Gasteiger partial charge in [0.2, 0.25) is 0 Å². The summed E-state index contributed by atoms with van der Waals surface area (Å²) in [5, 5.41) is 0.941. The molecule has 0 fully saturated rings. The first-order chi connectivity index (χ1) is 4.70. The fraction of sp³-hybridized carbons (Fsp3) is 0.250. The largest absolute Gasteiger partial charge is 0.0856 e. The summed E-state index contributed by atoms with van der Waals surface area (Å²) in [6, 6.07) is 7.64. The Balaban J connectivity index is 2.89. The van der Waals surface area contributed by atoms with E-state index in [9.17, 15) is 0 Å². The van der Waals surface area contributed by atoms with Gasteiger partial charge in [-0.15, -0.1) is 0 Å². The van der Waals surface area contributed by atoms with Crippen molar-refractivity contribution in [1.29, 1.82) is 0 Å². The molecule has 0 nitrogen and oxygen atoms in total. The van der Waals surface area contributed by atoms with E-state index in [0.717, 1.165) is 10.6 Å². The molecule has 1 rings (SSSR count). The molecule has 0 aromatic heterocycles. The lowest BCUT2D eigenvalue weighted by atomic mass is 10.2. The lowest BCUT2D eigenvalue weighted by Crippen LogP contribution is -1.81. The quantitative estimate of drug-likeness (QED) is 0.606. The molecule has 1 unspecified atom stereocenters. The number of halogens is 1. The Bertz CT molecular complexity index is 203.